The van der Waals surface area contributed by atoms with Crippen LogP contribution in [-0.2, 0) is 9.53 Å². The lowest BCUT2D eigenvalue weighted by Crippen LogP contribution is -2.44. The van der Waals surface area contributed by atoms with E-state index in [1.165, 1.54) is 12.1 Å². The van der Waals surface area contributed by atoms with Gasteiger partial charge in [-0.25, -0.2) is 4.79 Å². The number of amides is 2. The van der Waals surface area contributed by atoms with Crippen LogP contribution in [0.2, 0.25) is 0 Å². The number of hydrogen-bond acceptors (Lipinski definition) is 5. The number of alkyl carbamates (subject to hydrolysis) is 1. The van der Waals surface area contributed by atoms with Gasteiger partial charge < -0.3 is 19.9 Å². The number of unbranched alkanes of at least 4 members (excludes halogenated alkanes) is 1. The molecule has 2 fully saturated rings. The summed E-state index contributed by atoms with van der Waals surface area (Å²) in [7, 11) is 0. The molecule has 7 heteroatoms. The topological polar surface area (TPSA) is 74.8 Å². The largest absolute Gasteiger partial charge is 0.450 e. The average Bonchev–Trinajstić information content (AvgIpc) is 3.17. The summed E-state index contributed by atoms with van der Waals surface area (Å²) in [5, 5.41) is 2.82. The zero-order chi connectivity index (χ0) is 21.4. The Kier molecular flexibility index (Phi) is 7.94. The Balaban J connectivity index is 1.37. The van der Waals surface area contributed by atoms with Crippen molar-refractivity contribution in [3.63, 3.8) is 0 Å². The van der Waals surface area contributed by atoms with Crippen molar-refractivity contribution in [2.75, 3.05) is 37.7 Å². The van der Waals surface area contributed by atoms with Crippen LogP contribution in [-0.4, -0.2) is 60.7 Å². The number of anilines is 1. The molecule has 2 aliphatic heterocycles. The second-order valence-electron chi connectivity index (χ2n) is 8.83. The number of rotatable bonds is 8. The molecule has 2 amide bonds. The Hall–Kier alpha value is -2.31. The Morgan fingerprint density at radius 1 is 1.20 bits per heavy atom. The molecule has 166 valence electrons. The number of nitrogens with zero attached hydrogens (tertiary/aromatic N) is 3. The molecule has 1 aromatic heterocycles. The number of hydrogen-bond donors (Lipinski definition) is 1. The number of pyridine rings is 1. The van der Waals surface area contributed by atoms with Crippen LogP contribution in [0.3, 0.4) is 0 Å². The highest BCUT2D eigenvalue weighted by atomic mass is 16.5. The molecule has 3 rings (SSSR count). The lowest BCUT2D eigenvalue weighted by Gasteiger charge is -2.39. The summed E-state index contributed by atoms with van der Waals surface area (Å²) in [6.45, 7) is 8.25. The molecular weight excluding hydrogens is 380 g/mol. The van der Waals surface area contributed by atoms with E-state index in [0.29, 0.717) is 24.9 Å². The fourth-order valence-corrected chi connectivity index (χ4v) is 4.47. The molecule has 0 aromatic carbocycles. The summed E-state index contributed by atoms with van der Waals surface area (Å²) in [6, 6.07) is 4.09. The molecule has 0 bridgehead atoms. The van der Waals surface area contributed by atoms with Crippen molar-refractivity contribution in [1.82, 2.24) is 15.2 Å². The van der Waals surface area contributed by atoms with Crippen LogP contribution in [0.5, 0.6) is 0 Å². The van der Waals surface area contributed by atoms with Crippen molar-refractivity contribution in [3.05, 3.63) is 24.5 Å². The first-order valence-electron chi connectivity index (χ1n) is 11.4. The van der Waals surface area contributed by atoms with Crippen LogP contribution in [0, 0.1) is 5.41 Å². The van der Waals surface area contributed by atoms with Gasteiger partial charge in [-0.15, -0.1) is 0 Å². The summed E-state index contributed by atoms with van der Waals surface area (Å²) in [5.74, 6) is 0.196. The second kappa shape index (κ2) is 10.6. The molecule has 7 nitrogen and oxygen atoms in total. The molecule has 2 aliphatic rings. The van der Waals surface area contributed by atoms with Gasteiger partial charge in [0.25, 0.3) is 0 Å². The maximum absolute atomic E-state index is 12.7. The minimum atomic E-state index is -0.386. The number of carbonyl (C=O) groups is 2. The molecule has 0 unspecified atom stereocenters. The van der Waals surface area contributed by atoms with E-state index >= 15 is 0 Å². The third kappa shape index (κ3) is 6.09. The van der Waals surface area contributed by atoms with E-state index in [1.807, 2.05) is 24.2 Å². The molecule has 1 spiro atoms. The molecular formula is C23H36N4O3. The van der Waals surface area contributed by atoms with Gasteiger partial charge in [-0.05, 0) is 56.6 Å². The van der Waals surface area contributed by atoms with Gasteiger partial charge in [0.05, 0.1) is 6.61 Å². The first-order chi connectivity index (χ1) is 14.5. The SMILES string of the molecule is CCCCOC(=O)N[C@H](C)CCC(=O)N1CCC2(CC1)CCN(c1ccncc1)C2. The summed E-state index contributed by atoms with van der Waals surface area (Å²) >= 11 is 0. The molecule has 3 heterocycles. The smallest absolute Gasteiger partial charge is 0.407 e. The molecule has 1 atom stereocenters. The van der Waals surface area contributed by atoms with Crippen LogP contribution >= 0.6 is 0 Å². The lowest BCUT2D eigenvalue weighted by atomic mass is 9.77. The van der Waals surface area contributed by atoms with E-state index in [9.17, 15) is 9.59 Å². The van der Waals surface area contributed by atoms with Crippen molar-refractivity contribution in [2.45, 2.75) is 64.8 Å². The number of aromatic nitrogens is 1. The standard InChI is InChI=1S/C23H36N4O3/c1-3-4-17-30-22(29)25-19(2)5-6-21(28)26-14-9-23(10-15-26)11-16-27(18-23)20-7-12-24-13-8-20/h7-8,12-13,19H,3-6,9-11,14-18H2,1-2H3,(H,25,29)/t19-/m1/s1. The predicted molar refractivity (Wildman–Crippen MR) is 117 cm³/mol. The van der Waals surface area contributed by atoms with Gasteiger partial charge in [-0.1, -0.05) is 13.3 Å². The maximum atomic E-state index is 12.7. The Labute approximate surface area is 180 Å². The van der Waals surface area contributed by atoms with Crippen molar-refractivity contribution < 1.29 is 14.3 Å². The summed E-state index contributed by atoms with van der Waals surface area (Å²) < 4.78 is 5.12. The van der Waals surface area contributed by atoms with Crippen molar-refractivity contribution in [3.8, 4) is 0 Å². The fourth-order valence-electron chi connectivity index (χ4n) is 4.47. The Bertz CT molecular complexity index is 689. The van der Waals surface area contributed by atoms with E-state index in [4.69, 9.17) is 4.74 Å². The van der Waals surface area contributed by atoms with E-state index in [2.05, 4.69) is 34.3 Å². The number of piperidine rings is 1. The third-order valence-electron chi connectivity index (χ3n) is 6.53. The van der Waals surface area contributed by atoms with Crippen molar-refractivity contribution in [1.29, 1.82) is 0 Å². The monoisotopic (exact) mass is 416 g/mol. The first-order valence-corrected chi connectivity index (χ1v) is 11.4. The summed E-state index contributed by atoms with van der Waals surface area (Å²) in [4.78, 5) is 32.9. The lowest BCUT2D eigenvalue weighted by molar-refractivity contribution is -0.133. The zero-order valence-corrected chi connectivity index (χ0v) is 18.4. The van der Waals surface area contributed by atoms with Gasteiger partial charge in [0.2, 0.25) is 5.91 Å². The molecule has 30 heavy (non-hydrogen) atoms. The van der Waals surface area contributed by atoms with E-state index in [1.54, 1.807) is 0 Å². The highest BCUT2D eigenvalue weighted by molar-refractivity contribution is 5.76. The number of carbonyl (C=O) groups excluding carboxylic acids is 2. The molecule has 0 radical (unpaired) electrons. The molecule has 0 aliphatic carbocycles. The van der Waals surface area contributed by atoms with Gasteiger partial charge in [-0.3, -0.25) is 9.78 Å². The van der Waals surface area contributed by atoms with Crippen molar-refractivity contribution in [2.24, 2.45) is 5.41 Å². The predicted octanol–water partition coefficient (Wildman–Crippen LogP) is 3.60. The van der Waals surface area contributed by atoms with E-state index < -0.39 is 0 Å². The average molecular weight is 417 g/mol. The van der Waals surface area contributed by atoms with Crippen LogP contribution in [0.1, 0.15) is 58.8 Å². The van der Waals surface area contributed by atoms with E-state index in [0.717, 1.165) is 51.9 Å². The van der Waals surface area contributed by atoms with Gasteiger partial charge in [0.1, 0.15) is 0 Å². The first kappa shape index (κ1) is 22.4. The zero-order valence-electron chi connectivity index (χ0n) is 18.4. The Morgan fingerprint density at radius 2 is 1.90 bits per heavy atom. The minimum absolute atomic E-state index is 0.0667. The fraction of sp³-hybridized carbons (Fsp3) is 0.696. The maximum Gasteiger partial charge on any atom is 0.407 e. The number of nitrogens with one attached hydrogen (secondary N) is 1. The van der Waals surface area contributed by atoms with Crippen molar-refractivity contribution >= 4 is 17.7 Å². The molecule has 0 saturated carbocycles. The normalized spacial score (nSPS) is 19.0. The van der Waals surface area contributed by atoms with Crippen LogP contribution < -0.4 is 10.2 Å². The second-order valence-corrected chi connectivity index (χ2v) is 8.83. The number of likely N-dealkylation sites (tertiary alicyclic amines) is 1. The highest BCUT2D eigenvalue weighted by Crippen LogP contribution is 2.41. The minimum Gasteiger partial charge on any atom is -0.450 e. The summed E-state index contributed by atoms with van der Waals surface area (Å²) in [5.41, 5.74) is 1.58. The number of ether oxygens (including phenoxy) is 1. The van der Waals surface area contributed by atoms with Crippen LogP contribution in [0.4, 0.5) is 10.5 Å². The molecule has 1 N–H and O–H groups in total. The van der Waals surface area contributed by atoms with Gasteiger partial charge >= 0.3 is 6.09 Å². The Morgan fingerprint density at radius 3 is 2.60 bits per heavy atom. The van der Waals surface area contributed by atoms with Gasteiger partial charge in [0, 0.05) is 56.7 Å². The van der Waals surface area contributed by atoms with Crippen LogP contribution in [0.25, 0.3) is 0 Å². The van der Waals surface area contributed by atoms with Crippen LogP contribution in [0.15, 0.2) is 24.5 Å². The summed E-state index contributed by atoms with van der Waals surface area (Å²) in [6.07, 6.45) is 9.61. The molecule has 2 saturated heterocycles. The van der Waals surface area contributed by atoms with Gasteiger partial charge in [-0.2, -0.15) is 0 Å². The van der Waals surface area contributed by atoms with E-state index in [-0.39, 0.29) is 18.0 Å². The molecule has 1 aromatic rings. The highest BCUT2D eigenvalue weighted by Gasteiger charge is 2.41. The third-order valence-corrected chi connectivity index (χ3v) is 6.53. The van der Waals surface area contributed by atoms with Gasteiger partial charge in [0.15, 0.2) is 0 Å². The quantitative estimate of drug-likeness (QED) is 0.656.